The molecule has 2 aromatic rings. The van der Waals surface area contributed by atoms with Crippen molar-refractivity contribution in [3.8, 4) is 0 Å². The summed E-state index contributed by atoms with van der Waals surface area (Å²) in [7, 11) is 0. The monoisotopic (exact) mass is 327 g/mol. The fourth-order valence-electron chi connectivity index (χ4n) is 1.89. The van der Waals surface area contributed by atoms with Gasteiger partial charge in [0.1, 0.15) is 0 Å². The van der Waals surface area contributed by atoms with Gasteiger partial charge >= 0.3 is 0 Å². The Morgan fingerprint density at radius 1 is 1.27 bits per heavy atom. The van der Waals surface area contributed by atoms with Gasteiger partial charge in [0.25, 0.3) is 5.91 Å². The normalized spacial score (nSPS) is 13.7. The zero-order chi connectivity index (χ0) is 16.3. The van der Waals surface area contributed by atoms with Crippen molar-refractivity contribution < 1.29 is 23.1 Å². The Hall–Kier alpha value is -1.86. The second-order valence-electron chi connectivity index (χ2n) is 4.70. The van der Waals surface area contributed by atoms with Gasteiger partial charge in [-0.1, -0.05) is 17.8 Å². The third kappa shape index (κ3) is 3.66. The van der Waals surface area contributed by atoms with Crippen molar-refractivity contribution in [1.29, 1.82) is 0 Å². The average Bonchev–Trinajstić information content (AvgIpc) is 2.98. The van der Waals surface area contributed by atoms with E-state index in [-0.39, 0.29) is 11.3 Å². The van der Waals surface area contributed by atoms with E-state index in [9.17, 15) is 18.7 Å². The molecule has 2 unspecified atom stereocenters. The lowest BCUT2D eigenvalue weighted by molar-refractivity contribution is 0.0821. The summed E-state index contributed by atoms with van der Waals surface area (Å²) in [5.74, 6) is -2.42. The Balaban J connectivity index is 2.05. The van der Waals surface area contributed by atoms with Crippen molar-refractivity contribution in [2.75, 3.05) is 6.26 Å². The van der Waals surface area contributed by atoms with Gasteiger partial charge in [-0.15, -0.1) is 0 Å². The van der Waals surface area contributed by atoms with Gasteiger partial charge in [-0.3, -0.25) is 4.79 Å². The molecule has 22 heavy (non-hydrogen) atoms. The van der Waals surface area contributed by atoms with Crippen LogP contribution in [-0.2, 0) is 0 Å². The summed E-state index contributed by atoms with van der Waals surface area (Å²) < 4.78 is 31.3. The lowest BCUT2D eigenvalue weighted by atomic mass is 10.0. The van der Waals surface area contributed by atoms with Crippen LogP contribution in [0.25, 0.3) is 0 Å². The van der Waals surface area contributed by atoms with Gasteiger partial charge in [0.05, 0.1) is 12.1 Å². The SMILES string of the molecule is CSc1ccc(C(=O)NC(C)C(O)c2ccc(F)c(F)c2)o1. The number of hydrogen-bond donors (Lipinski definition) is 2. The quantitative estimate of drug-likeness (QED) is 0.828. The molecule has 1 heterocycles. The lowest BCUT2D eigenvalue weighted by Gasteiger charge is -2.20. The number of halogens is 2. The zero-order valence-electron chi connectivity index (χ0n) is 12.0. The van der Waals surface area contributed by atoms with Gasteiger partial charge in [-0.25, -0.2) is 8.78 Å². The Morgan fingerprint density at radius 2 is 2.00 bits per heavy atom. The summed E-state index contributed by atoms with van der Waals surface area (Å²) in [5.41, 5.74) is 0.177. The van der Waals surface area contributed by atoms with Crippen molar-refractivity contribution in [3.05, 3.63) is 53.3 Å². The minimum Gasteiger partial charge on any atom is -0.445 e. The van der Waals surface area contributed by atoms with Crippen LogP contribution in [-0.4, -0.2) is 23.3 Å². The van der Waals surface area contributed by atoms with Gasteiger partial charge in [-0.05, 0) is 43.0 Å². The van der Waals surface area contributed by atoms with E-state index < -0.39 is 29.7 Å². The second kappa shape index (κ2) is 6.93. The van der Waals surface area contributed by atoms with E-state index in [1.54, 1.807) is 13.0 Å². The predicted octanol–water partition coefficient (Wildman–Crippen LogP) is 3.13. The average molecular weight is 327 g/mol. The molecule has 2 atom stereocenters. The third-order valence-electron chi connectivity index (χ3n) is 3.12. The van der Waals surface area contributed by atoms with Crippen molar-refractivity contribution in [2.45, 2.75) is 24.2 Å². The highest BCUT2D eigenvalue weighted by Gasteiger charge is 2.21. The number of furan rings is 1. The van der Waals surface area contributed by atoms with Crippen molar-refractivity contribution in [2.24, 2.45) is 0 Å². The van der Waals surface area contributed by atoms with Gasteiger partial charge in [0.2, 0.25) is 0 Å². The molecule has 118 valence electrons. The van der Waals surface area contributed by atoms with E-state index in [2.05, 4.69) is 5.32 Å². The first kappa shape index (κ1) is 16.5. The highest BCUT2D eigenvalue weighted by atomic mass is 32.2. The number of aliphatic hydroxyl groups excluding tert-OH is 1. The minimum absolute atomic E-state index is 0.119. The van der Waals surface area contributed by atoms with E-state index >= 15 is 0 Å². The molecule has 2 N–H and O–H groups in total. The summed E-state index contributed by atoms with van der Waals surface area (Å²) in [6, 6.07) is 5.58. The van der Waals surface area contributed by atoms with Gasteiger partial charge in [0, 0.05) is 0 Å². The molecule has 1 aromatic carbocycles. The Bertz CT molecular complexity index is 675. The van der Waals surface area contributed by atoms with Crippen molar-refractivity contribution in [1.82, 2.24) is 5.32 Å². The molecule has 0 bridgehead atoms. The van der Waals surface area contributed by atoms with Crippen LogP contribution in [0.2, 0.25) is 0 Å². The highest BCUT2D eigenvalue weighted by Crippen LogP contribution is 2.21. The van der Waals surface area contributed by atoms with Gasteiger partial charge < -0.3 is 14.8 Å². The summed E-state index contributed by atoms with van der Waals surface area (Å²) >= 11 is 1.36. The maximum Gasteiger partial charge on any atom is 0.287 e. The number of aliphatic hydroxyl groups is 1. The van der Waals surface area contributed by atoms with E-state index in [1.165, 1.54) is 23.9 Å². The van der Waals surface area contributed by atoms with Gasteiger partial charge in [0.15, 0.2) is 22.5 Å². The number of thioether (sulfide) groups is 1. The predicted molar refractivity (Wildman–Crippen MR) is 78.7 cm³/mol. The van der Waals surface area contributed by atoms with Crippen LogP contribution in [0.4, 0.5) is 8.78 Å². The largest absolute Gasteiger partial charge is 0.445 e. The van der Waals surface area contributed by atoms with Crippen LogP contribution < -0.4 is 5.32 Å². The zero-order valence-corrected chi connectivity index (χ0v) is 12.8. The molecule has 0 radical (unpaired) electrons. The first-order valence-corrected chi connectivity index (χ1v) is 7.72. The molecule has 0 aliphatic carbocycles. The van der Waals surface area contributed by atoms with E-state index in [1.807, 2.05) is 6.26 Å². The van der Waals surface area contributed by atoms with E-state index in [4.69, 9.17) is 4.42 Å². The Morgan fingerprint density at radius 3 is 2.59 bits per heavy atom. The van der Waals surface area contributed by atoms with E-state index in [0.29, 0.717) is 5.09 Å². The fourth-order valence-corrected chi connectivity index (χ4v) is 2.27. The lowest BCUT2D eigenvalue weighted by Crippen LogP contribution is -2.36. The first-order valence-electron chi connectivity index (χ1n) is 6.50. The number of carbonyl (C=O) groups is 1. The second-order valence-corrected chi connectivity index (χ2v) is 5.51. The van der Waals surface area contributed by atoms with Crippen LogP contribution in [0.3, 0.4) is 0 Å². The van der Waals surface area contributed by atoms with E-state index in [0.717, 1.165) is 12.1 Å². The molecule has 0 aliphatic rings. The maximum absolute atomic E-state index is 13.2. The molecule has 1 amide bonds. The molecule has 0 spiro atoms. The number of benzene rings is 1. The smallest absolute Gasteiger partial charge is 0.287 e. The summed E-state index contributed by atoms with van der Waals surface area (Å²) in [6.45, 7) is 1.56. The molecule has 2 rings (SSSR count). The third-order valence-corrected chi connectivity index (χ3v) is 3.75. The summed E-state index contributed by atoms with van der Waals surface area (Å²) in [5, 5.41) is 13.3. The molecule has 4 nitrogen and oxygen atoms in total. The van der Waals surface area contributed by atoms with Crippen LogP contribution in [0, 0.1) is 11.6 Å². The molecule has 0 aliphatic heterocycles. The number of hydrogen-bond acceptors (Lipinski definition) is 4. The van der Waals surface area contributed by atoms with Gasteiger partial charge in [-0.2, -0.15) is 0 Å². The molecule has 1 aromatic heterocycles. The fraction of sp³-hybridized carbons (Fsp3) is 0.267. The molecule has 0 fully saturated rings. The number of amides is 1. The minimum atomic E-state index is -1.17. The first-order chi connectivity index (χ1) is 10.4. The van der Waals surface area contributed by atoms with Crippen LogP contribution in [0.15, 0.2) is 39.8 Å². The molecule has 0 saturated heterocycles. The number of rotatable bonds is 5. The van der Waals surface area contributed by atoms with Crippen LogP contribution in [0.5, 0.6) is 0 Å². The molecular weight excluding hydrogens is 312 g/mol. The standard InChI is InChI=1S/C15H15F2NO3S/c1-8(14(19)9-3-4-10(16)11(17)7-9)18-15(20)12-5-6-13(21-12)22-2/h3-8,14,19H,1-2H3,(H,18,20). The Labute approximate surface area is 130 Å². The molecule has 7 heteroatoms. The number of carbonyl (C=O) groups excluding carboxylic acids is 1. The summed E-state index contributed by atoms with van der Waals surface area (Å²) in [4.78, 5) is 12.0. The summed E-state index contributed by atoms with van der Waals surface area (Å²) in [6.07, 6.45) is 0.643. The Kier molecular flexibility index (Phi) is 5.20. The highest BCUT2D eigenvalue weighted by molar-refractivity contribution is 7.98. The number of nitrogens with one attached hydrogen (secondary N) is 1. The van der Waals surface area contributed by atoms with Crippen LogP contribution in [0.1, 0.15) is 29.1 Å². The molecular formula is C15H15F2NO3S. The van der Waals surface area contributed by atoms with Crippen molar-refractivity contribution >= 4 is 17.7 Å². The topological polar surface area (TPSA) is 62.5 Å². The van der Waals surface area contributed by atoms with Crippen molar-refractivity contribution in [3.63, 3.8) is 0 Å². The van der Waals surface area contributed by atoms with Crippen LogP contribution >= 0.6 is 11.8 Å². The maximum atomic E-state index is 13.2. The molecule has 0 saturated carbocycles.